The monoisotopic (exact) mass is 523 g/mol. The molecule has 14 heteroatoms. The first-order valence-electron chi connectivity index (χ1n) is 12.3. The van der Waals surface area contributed by atoms with E-state index >= 15 is 0 Å². The zero-order chi connectivity index (χ0) is 28.1. The van der Waals surface area contributed by atoms with E-state index in [9.17, 15) is 24.3 Å². The van der Waals surface area contributed by atoms with Crippen LogP contribution in [0.2, 0.25) is 0 Å². The van der Waals surface area contributed by atoms with Gasteiger partial charge in [-0.15, -0.1) is 0 Å². The molecule has 0 radical (unpaired) electrons. The molecule has 1 rings (SSSR count). The normalized spacial score (nSPS) is 15.1. The van der Waals surface area contributed by atoms with E-state index in [4.69, 9.17) is 17.2 Å². The lowest BCUT2D eigenvalue weighted by Crippen LogP contribution is -2.59. The quantitative estimate of drug-likeness (QED) is 0.0718. The van der Waals surface area contributed by atoms with Crippen molar-refractivity contribution < 1.29 is 24.3 Å². The van der Waals surface area contributed by atoms with Crippen LogP contribution in [-0.4, -0.2) is 75.4 Å². The highest BCUT2D eigenvalue weighted by atomic mass is 16.4. The van der Waals surface area contributed by atoms with Crippen molar-refractivity contribution in [1.29, 1.82) is 0 Å². The largest absolute Gasteiger partial charge is 0.480 e. The van der Waals surface area contributed by atoms with Crippen LogP contribution >= 0.6 is 0 Å². The Balaban J connectivity index is 2.99. The molecule has 0 aliphatic heterocycles. The Hall–Kier alpha value is -3.68. The topological polar surface area (TPSA) is 244 Å². The fourth-order valence-electron chi connectivity index (χ4n) is 3.42. The lowest BCUT2D eigenvalue weighted by Gasteiger charge is -2.27. The smallest absolute Gasteiger partial charge is 0.326 e. The molecular weight excluding hydrogens is 482 g/mol. The van der Waals surface area contributed by atoms with Gasteiger partial charge in [0, 0.05) is 24.9 Å². The van der Waals surface area contributed by atoms with Gasteiger partial charge in [0.2, 0.25) is 17.7 Å². The molecule has 0 aliphatic carbocycles. The summed E-state index contributed by atoms with van der Waals surface area (Å²) in [6.07, 6.45) is 4.08. The van der Waals surface area contributed by atoms with Crippen LogP contribution in [0, 0.1) is 11.8 Å². The molecule has 0 saturated carbocycles. The van der Waals surface area contributed by atoms with Crippen molar-refractivity contribution in [2.45, 2.75) is 77.5 Å². The summed E-state index contributed by atoms with van der Waals surface area (Å²) >= 11 is 0. The second kappa shape index (κ2) is 15.4. The first-order valence-corrected chi connectivity index (χ1v) is 12.3. The Morgan fingerprint density at radius 1 is 1.05 bits per heavy atom. The maximum atomic E-state index is 13.2. The molecule has 0 aromatic carbocycles. The number of aromatic amines is 1. The third-order valence-corrected chi connectivity index (χ3v) is 5.98. The van der Waals surface area contributed by atoms with Gasteiger partial charge < -0.3 is 43.2 Å². The standard InChI is InChI=1S/C23H41N9O5/c1-5-13(4)17(24)20(34)30-15(7-6-8-28-23(25)26)19(33)32-18(12(2)3)21(35)31-16(22(36)37)9-14-10-27-11-29-14/h10-13,15-18H,5-9,24H2,1-4H3,(H,27,29)(H,30,34)(H,31,35)(H,32,33)(H,36,37)(H4,25,26,28). The third-order valence-electron chi connectivity index (χ3n) is 5.98. The van der Waals surface area contributed by atoms with Gasteiger partial charge in [0.1, 0.15) is 18.1 Å². The SMILES string of the molecule is CCC(C)C(N)C(=O)NC(CCCN=C(N)N)C(=O)NC(C(=O)NC(Cc1cnc[nH]1)C(=O)O)C(C)C. The van der Waals surface area contributed by atoms with Crippen molar-refractivity contribution in [3.8, 4) is 0 Å². The maximum absolute atomic E-state index is 13.2. The number of carboxylic acid groups (broad SMARTS) is 1. The lowest BCUT2D eigenvalue weighted by molar-refractivity contribution is -0.142. The van der Waals surface area contributed by atoms with Crippen LogP contribution in [0.4, 0.5) is 0 Å². The predicted octanol–water partition coefficient (Wildman–Crippen LogP) is -1.43. The van der Waals surface area contributed by atoms with Crippen LogP contribution in [0.3, 0.4) is 0 Å². The highest BCUT2D eigenvalue weighted by Crippen LogP contribution is 2.09. The van der Waals surface area contributed by atoms with Gasteiger partial charge in [-0.2, -0.15) is 0 Å². The molecule has 0 aliphatic rings. The summed E-state index contributed by atoms with van der Waals surface area (Å²) in [4.78, 5) is 61.1. The molecule has 0 saturated heterocycles. The number of amides is 3. The fraction of sp³-hybridized carbons (Fsp3) is 0.652. The lowest BCUT2D eigenvalue weighted by atomic mass is 9.98. The van der Waals surface area contributed by atoms with Crippen molar-refractivity contribution in [3.05, 3.63) is 18.2 Å². The number of nitrogens with zero attached hydrogens (tertiary/aromatic N) is 2. The molecule has 5 atom stereocenters. The average Bonchev–Trinajstić information content (AvgIpc) is 3.35. The summed E-state index contributed by atoms with van der Waals surface area (Å²) in [5.41, 5.74) is 17.2. The number of hydrogen-bond acceptors (Lipinski definition) is 7. The minimum absolute atomic E-state index is 0.0171. The number of H-pyrrole nitrogens is 1. The number of carbonyl (C=O) groups excluding carboxylic acids is 3. The van der Waals surface area contributed by atoms with Crippen LogP contribution in [-0.2, 0) is 25.6 Å². The number of carbonyl (C=O) groups is 4. The summed E-state index contributed by atoms with van der Waals surface area (Å²) < 4.78 is 0. The van der Waals surface area contributed by atoms with Gasteiger partial charge >= 0.3 is 5.97 Å². The number of rotatable bonds is 16. The van der Waals surface area contributed by atoms with E-state index in [-0.39, 0.29) is 37.2 Å². The fourth-order valence-corrected chi connectivity index (χ4v) is 3.42. The van der Waals surface area contributed by atoms with E-state index in [0.29, 0.717) is 18.5 Å². The van der Waals surface area contributed by atoms with Crippen molar-refractivity contribution >= 4 is 29.7 Å². The van der Waals surface area contributed by atoms with Gasteiger partial charge in [-0.1, -0.05) is 34.1 Å². The van der Waals surface area contributed by atoms with E-state index in [1.165, 1.54) is 12.5 Å². The minimum Gasteiger partial charge on any atom is -0.480 e. The van der Waals surface area contributed by atoms with Gasteiger partial charge in [-0.25, -0.2) is 9.78 Å². The second-order valence-electron chi connectivity index (χ2n) is 9.33. The van der Waals surface area contributed by atoms with Crippen molar-refractivity contribution in [2.24, 2.45) is 34.0 Å². The Labute approximate surface area is 216 Å². The highest BCUT2D eigenvalue weighted by molar-refractivity contribution is 5.94. The van der Waals surface area contributed by atoms with Crippen molar-refractivity contribution in [3.63, 3.8) is 0 Å². The summed E-state index contributed by atoms with van der Waals surface area (Å²) in [5.74, 6) is -3.59. The summed E-state index contributed by atoms with van der Waals surface area (Å²) in [6.45, 7) is 7.39. The number of imidazole rings is 1. The second-order valence-corrected chi connectivity index (χ2v) is 9.33. The maximum Gasteiger partial charge on any atom is 0.326 e. The average molecular weight is 524 g/mol. The molecule has 208 valence electrons. The Kier molecular flexibility index (Phi) is 13.1. The number of aliphatic imine (C=N–C) groups is 1. The number of nitrogens with one attached hydrogen (secondary N) is 4. The third kappa shape index (κ3) is 10.9. The van der Waals surface area contributed by atoms with Crippen LogP contribution in [0.5, 0.6) is 0 Å². The van der Waals surface area contributed by atoms with E-state index in [1.807, 2.05) is 13.8 Å². The van der Waals surface area contributed by atoms with Gasteiger partial charge in [0.15, 0.2) is 5.96 Å². The number of guanidine groups is 1. The molecule has 0 spiro atoms. The van der Waals surface area contributed by atoms with E-state index in [1.54, 1.807) is 13.8 Å². The Morgan fingerprint density at radius 2 is 1.70 bits per heavy atom. The number of aliphatic carboxylic acids is 1. The highest BCUT2D eigenvalue weighted by Gasteiger charge is 2.32. The van der Waals surface area contributed by atoms with Gasteiger partial charge in [-0.05, 0) is 24.7 Å². The molecule has 11 N–H and O–H groups in total. The summed E-state index contributed by atoms with van der Waals surface area (Å²) in [5, 5.41) is 17.4. The van der Waals surface area contributed by atoms with Crippen molar-refractivity contribution in [2.75, 3.05) is 6.54 Å². The number of aromatic nitrogens is 2. The molecule has 5 unspecified atom stereocenters. The molecule has 1 aromatic rings. The molecular formula is C23H41N9O5. The van der Waals surface area contributed by atoms with Gasteiger partial charge in [0.05, 0.1) is 12.4 Å². The number of hydrogen-bond donors (Lipinski definition) is 8. The molecule has 0 bridgehead atoms. The molecule has 0 fully saturated rings. The van der Waals surface area contributed by atoms with E-state index in [2.05, 4.69) is 30.9 Å². The van der Waals surface area contributed by atoms with E-state index in [0.717, 1.165) is 0 Å². The Morgan fingerprint density at radius 3 is 2.22 bits per heavy atom. The van der Waals surface area contributed by atoms with Crippen LogP contribution < -0.4 is 33.2 Å². The molecule has 1 heterocycles. The van der Waals surface area contributed by atoms with Gasteiger partial charge in [-0.3, -0.25) is 19.4 Å². The predicted molar refractivity (Wildman–Crippen MR) is 138 cm³/mol. The Bertz CT molecular complexity index is 916. The summed E-state index contributed by atoms with van der Waals surface area (Å²) in [6, 6.07) is -4.13. The first kappa shape index (κ1) is 31.4. The van der Waals surface area contributed by atoms with E-state index < -0.39 is 47.9 Å². The minimum atomic E-state index is -1.24. The molecule has 3 amide bonds. The number of carboxylic acids is 1. The summed E-state index contributed by atoms with van der Waals surface area (Å²) in [7, 11) is 0. The zero-order valence-electron chi connectivity index (χ0n) is 21.9. The molecule has 14 nitrogen and oxygen atoms in total. The van der Waals surface area contributed by atoms with Crippen LogP contribution in [0.25, 0.3) is 0 Å². The van der Waals surface area contributed by atoms with Crippen molar-refractivity contribution in [1.82, 2.24) is 25.9 Å². The van der Waals surface area contributed by atoms with Gasteiger partial charge in [0.25, 0.3) is 0 Å². The molecule has 1 aromatic heterocycles. The van der Waals surface area contributed by atoms with Crippen LogP contribution in [0.15, 0.2) is 17.5 Å². The number of nitrogens with two attached hydrogens (primary N) is 3. The first-order chi connectivity index (χ1) is 17.4. The van der Waals surface area contributed by atoms with Crippen LogP contribution in [0.1, 0.15) is 52.7 Å². The zero-order valence-corrected chi connectivity index (χ0v) is 21.9. The molecule has 37 heavy (non-hydrogen) atoms.